The number of thiazole rings is 1. The molecule has 0 saturated carbocycles. The molecule has 0 aliphatic rings. The second-order valence-corrected chi connectivity index (χ2v) is 5.30. The average molecular weight is 265 g/mol. The zero-order valence-electron chi connectivity index (χ0n) is 10.5. The minimum atomic E-state index is -0.603. The third-order valence-electron chi connectivity index (χ3n) is 2.44. The second kappa shape index (κ2) is 4.81. The molecular formula is C12H15N3O2S. The SMILES string of the molecule is Cc1ccc(N(C(N)=O)c2ncc(C(C)C)s2)o1. The lowest BCUT2D eigenvalue weighted by Crippen LogP contribution is -2.30. The molecule has 2 aromatic heterocycles. The molecule has 0 fully saturated rings. The molecule has 18 heavy (non-hydrogen) atoms. The minimum Gasteiger partial charge on any atom is -0.445 e. The fraction of sp³-hybridized carbons (Fsp3) is 0.333. The van der Waals surface area contributed by atoms with Crippen LogP contribution in [-0.4, -0.2) is 11.0 Å². The Hall–Kier alpha value is -1.82. The fourth-order valence-electron chi connectivity index (χ4n) is 1.49. The van der Waals surface area contributed by atoms with E-state index in [1.807, 2.05) is 6.92 Å². The second-order valence-electron chi connectivity index (χ2n) is 4.26. The molecule has 0 aliphatic carbocycles. The predicted molar refractivity (Wildman–Crippen MR) is 71.4 cm³/mol. The highest BCUT2D eigenvalue weighted by atomic mass is 32.1. The van der Waals surface area contributed by atoms with Gasteiger partial charge in [-0.15, -0.1) is 11.3 Å². The van der Waals surface area contributed by atoms with E-state index in [1.165, 1.54) is 16.2 Å². The van der Waals surface area contributed by atoms with Gasteiger partial charge in [0.15, 0.2) is 0 Å². The molecule has 0 aromatic carbocycles. The zero-order chi connectivity index (χ0) is 13.3. The molecule has 0 bridgehead atoms. The first-order valence-corrected chi connectivity index (χ1v) is 6.42. The molecule has 0 spiro atoms. The van der Waals surface area contributed by atoms with Crippen LogP contribution in [0.2, 0.25) is 0 Å². The monoisotopic (exact) mass is 265 g/mol. The molecule has 2 rings (SSSR count). The topological polar surface area (TPSA) is 72.4 Å². The number of urea groups is 1. The van der Waals surface area contributed by atoms with Crippen molar-refractivity contribution in [1.82, 2.24) is 4.98 Å². The summed E-state index contributed by atoms with van der Waals surface area (Å²) in [5.74, 6) is 1.48. The Morgan fingerprint density at radius 3 is 2.67 bits per heavy atom. The number of anilines is 2. The summed E-state index contributed by atoms with van der Waals surface area (Å²) < 4.78 is 5.42. The summed E-state index contributed by atoms with van der Waals surface area (Å²) in [6.07, 6.45) is 1.76. The van der Waals surface area contributed by atoms with Gasteiger partial charge in [0.25, 0.3) is 0 Å². The van der Waals surface area contributed by atoms with E-state index in [1.54, 1.807) is 18.3 Å². The lowest BCUT2D eigenvalue weighted by molar-refractivity contribution is 0.255. The van der Waals surface area contributed by atoms with E-state index in [9.17, 15) is 4.79 Å². The van der Waals surface area contributed by atoms with Gasteiger partial charge in [0.05, 0.1) is 0 Å². The van der Waals surface area contributed by atoms with Gasteiger partial charge in [-0.3, -0.25) is 0 Å². The molecule has 2 amide bonds. The standard InChI is InChI=1S/C12H15N3O2S/c1-7(2)9-6-14-12(18-9)15(11(13)16)10-5-4-8(3)17-10/h4-7H,1-3H3,(H2,13,16). The number of nitrogens with zero attached hydrogens (tertiary/aromatic N) is 2. The number of aromatic nitrogens is 1. The first-order chi connectivity index (χ1) is 8.49. The van der Waals surface area contributed by atoms with E-state index >= 15 is 0 Å². The summed E-state index contributed by atoms with van der Waals surface area (Å²) in [7, 11) is 0. The number of hydrogen-bond donors (Lipinski definition) is 1. The predicted octanol–water partition coefficient (Wildman–Crippen LogP) is 3.38. The van der Waals surface area contributed by atoms with E-state index in [4.69, 9.17) is 10.2 Å². The molecule has 0 unspecified atom stereocenters. The van der Waals surface area contributed by atoms with Crippen molar-refractivity contribution < 1.29 is 9.21 Å². The normalized spacial score (nSPS) is 10.9. The summed E-state index contributed by atoms with van der Waals surface area (Å²) in [6, 6.07) is 2.88. The number of rotatable bonds is 3. The molecule has 0 radical (unpaired) electrons. The summed E-state index contributed by atoms with van der Waals surface area (Å²) in [6.45, 7) is 5.95. The quantitative estimate of drug-likeness (QED) is 0.924. The average Bonchev–Trinajstić information content (AvgIpc) is 2.88. The van der Waals surface area contributed by atoms with Crippen LogP contribution in [0, 0.1) is 6.92 Å². The van der Waals surface area contributed by atoms with Crippen molar-refractivity contribution in [1.29, 1.82) is 0 Å². The molecule has 6 heteroatoms. The number of amides is 2. The molecule has 0 aliphatic heterocycles. The highest BCUT2D eigenvalue weighted by Gasteiger charge is 2.22. The van der Waals surface area contributed by atoms with Crippen molar-refractivity contribution in [2.45, 2.75) is 26.7 Å². The lowest BCUT2D eigenvalue weighted by atomic mass is 10.2. The van der Waals surface area contributed by atoms with Gasteiger partial charge in [-0.1, -0.05) is 13.8 Å². The molecule has 96 valence electrons. The van der Waals surface area contributed by atoms with Crippen molar-refractivity contribution in [3.05, 3.63) is 29.0 Å². The van der Waals surface area contributed by atoms with Crippen LogP contribution in [0.4, 0.5) is 15.8 Å². The maximum Gasteiger partial charge on any atom is 0.328 e. The van der Waals surface area contributed by atoms with Crippen molar-refractivity contribution in [3.8, 4) is 0 Å². The van der Waals surface area contributed by atoms with Crippen LogP contribution in [-0.2, 0) is 0 Å². The summed E-state index contributed by atoms with van der Waals surface area (Å²) >= 11 is 1.44. The molecule has 2 N–H and O–H groups in total. The van der Waals surface area contributed by atoms with Crippen LogP contribution in [0.15, 0.2) is 22.7 Å². The van der Waals surface area contributed by atoms with E-state index in [0.29, 0.717) is 16.9 Å². The van der Waals surface area contributed by atoms with E-state index in [0.717, 1.165) is 10.6 Å². The highest BCUT2D eigenvalue weighted by Crippen LogP contribution is 2.33. The Bertz CT molecular complexity index is 559. The van der Waals surface area contributed by atoms with Gasteiger partial charge >= 0.3 is 6.03 Å². The van der Waals surface area contributed by atoms with Crippen LogP contribution >= 0.6 is 11.3 Å². The number of aryl methyl sites for hydroxylation is 1. The van der Waals surface area contributed by atoms with Gasteiger partial charge in [0.1, 0.15) is 5.76 Å². The number of furan rings is 1. The van der Waals surface area contributed by atoms with Gasteiger partial charge in [-0.05, 0) is 18.9 Å². The van der Waals surface area contributed by atoms with Gasteiger partial charge in [-0.2, -0.15) is 0 Å². The van der Waals surface area contributed by atoms with Crippen LogP contribution < -0.4 is 10.6 Å². The third-order valence-corrected chi connectivity index (χ3v) is 3.72. The molecule has 0 saturated heterocycles. The fourth-order valence-corrected chi connectivity index (χ4v) is 2.41. The Morgan fingerprint density at radius 1 is 1.50 bits per heavy atom. The van der Waals surface area contributed by atoms with E-state index in [-0.39, 0.29) is 0 Å². The number of primary amides is 1. The van der Waals surface area contributed by atoms with E-state index in [2.05, 4.69) is 18.8 Å². The molecular weight excluding hydrogens is 250 g/mol. The molecule has 2 heterocycles. The first kappa shape index (κ1) is 12.6. The Morgan fingerprint density at radius 2 is 2.22 bits per heavy atom. The lowest BCUT2D eigenvalue weighted by Gasteiger charge is -2.13. The number of nitrogens with two attached hydrogens (primary N) is 1. The Labute approximate surface area is 109 Å². The van der Waals surface area contributed by atoms with Crippen molar-refractivity contribution in [2.75, 3.05) is 4.90 Å². The maximum atomic E-state index is 11.5. The highest BCUT2D eigenvalue weighted by molar-refractivity contribution is 7.15. The molecule has 5 nitrogen and oxygen atoms in total. The summed E-state index contributed by atoms with van der Waals surface area (Å²) in [5.41, 5.74) is 5.39. The van der Waals surface area contributed by atoms with Crippen molar-refractivity contribution in [2.24, 2.45) is 5.73 Å². The summed E-state index contributed by atoms with van der Waals surface area (Å²) in [4.78, 5) is 18.1. The minimum absolute atomic E-state index is 0.365. The summed E-state index contributed by atoms with van der Waals surface area (Å²) in [5, 5.41) is 0.528. The third kappa shape index (κ3) is 2.38. The first-order valence-electron chi connectivity index (χ1n) is 5.60. The number of carbonyl (C=O) groups excluding carboxylic acids is 1. The van der Waals surface area contributed by atoms with Gasteiger partial charge in [0, 0.05) is 17.1 Å². The Kier molecular flexibility index (Phi) is 3.38. The number of hydrogen-bond acceptors (Lipinski definition) is 4. The Balaban J connectivity index is 2.38. The largest absolute Gasteiger partial charge is 0.445 e. The molecule has 0 atom stereocenters. The van der Waals surface area contributed by atoms with Gasteiger partial charge in [0.2, 0.25) is 11.0 Å². The van der Waals surface area contributed by atoms with Gasteiger partial charge < -0.3 is 10.2 Å². The number of carbonyl (C=O) groups is 1. The molecule has 2 aromatic rings. The van der Waals surface area contributed by atoms with Crippen molar-refractivity contribution in [3.63, 3.8) is 0 Å². The smallest absolute Gasteiger partial charge is 0.328 e. The van der Waals surface area contributed by atoms with Crippen molar-refractivity contribution >= 4 is 28.4 Å². The van der Waals surface area contributed by atoms with Crippen LogP contribution in [0.1, 0.15) is 30.4 Å². The van der Waals surface area contributed by atoms with Crippen LogP contribution in [0.5, 0.6) is 0 Å². The zero-order valence-corrected chi connectivity index (χ0v) is 11.3. The van der Waals surface area contributed by atoms with Crippen LogP contribution in [0.3, 0.4) is 0 Å². The van der Waals surface area contributed by atoms with Gasteiger partial charge in [-0.25, -0.2) is 14.7 Å². The van der Waals surface area contributed by atoms with Crippen LogP contribution in [0.25, 0.3) is 0 Å². The van der Waals surface area contributed by atoms with E-state index < -0.39 is 6.03 Å². The maximum absolute atomic E-state index is 11.5.